The van der Waals surface area contributed by atoms with Crippen LogP contribution in [0, 0.1) is 11.3 Å². The van der Waals surface area contributed by atoms with Gasteiger partial charge in [0.05, 0.1) is 17.0 Å². The fourth-order valence-corrected chi connectivity index (χ4v) is 2.51. The Kier molecular flexibility index (Phi) is 3.45. The predicted molar refractivity (Wildman–Crippen MR) is 78.3 cm³/mol. The number of hydrogen-bond acceptors (Lipinski definition) is 3. The molecule has 3 heteroatoms. The average molecular weight is 277 g/mol. The molecule has 104 valence electrons. The Bertz CT molecular complexity index is 697. The van der Waals surface area contributed by atoms with E-state index in [0.717, 1.165) is 24.0 Å². The first-order valence-corrected chi connectivity index (χ1v) is 6.96. The Morgan fingerprint density at radius 1 is 1.14 bits per heavy atom. The van der Waals surface area contributed by atoms with Gasteiger partial charge in [0.25, 0.3) is 0 Å². The number of nitrogens with zero attached hydrogens (tertiary/aromatic N) is 1. The largest absolute Gasteiger partial charge is 0.460 e. The van der Waals surface area contributed by atoms with Crippen LogP contribution in [0.5, 0.6) is 0 Å². The van der Waals surface area contributed by atoms with Crippen molar-refractivity contribution in [3.8, 4) is 6.07 Å². The summed E-state index contributed by atoms with van der Waals surface area (Å²) in [5.41, 5.74) is 1.99. The fraction of sp³-hybridized carbons (Fsp3) is 0.222. The van der Waals surface area contributed by atoms with Crippen LogP contribution in [0.25, 0.3) is 0 Å². The van der Waals surface area contributed by atoms with Gasteiger partial charge in [0.1, 0.15) is 6.61 Å². The number of carbonyl (C=O) groups excluding carboxylic acids is 1. The molecule has 2 aromatic rings. The van der Waals surface area contributed by atoms with Crippen LogP contribution in [0.3, 0.4) is 0 Å². The third kappa shape index (κ3) is 2.66. The Hall–Kier alpha value is -2.60. The summed E-state index contributed by atoms with van der Waals surface area (Å²) < 4.78 is 5.46. The average Bonchev–Trinajstić information content (AvgIpc) is 3.35. The van der Waals surface area contributed by atoms with Gasteiger partial charge in [-0.05, 0) is 36.1 Å². The topological polar surface area (TPSA) is 50.1 Å². The second-order valence-electron chi connectivity index (χ2n) is 5.34. The lowest BCUT2D eigenvalue weighted by Gasteiger charge is -2.15. The highest BCUT2D eigenvalue weighted by atomic mass is 16.5. The van der Waals surface area contributed by atoms with Gasteiger partial charge in [-0.1, -0.05) is 42.5 Å². The van der Waals surface area contributed by atoms with E-state index in [-0.39, 0.29) is 12.6 Å². The lowest BCUT2D eigenvalue weighted by molar-refractivity contribution is -0.148. The van der Waals surface area contributed by atoms with E-state index < -0.39 is 5.41 Å². The van der Waals surface area contributed by atoms with Gasteiger partial charge in [-0.3, -0.25) is 4.79 Å². The maximum absolute atomic E-state index is 12.4. The second kappa shape index (κ2) is 5.41. The van der Waals surface area contributed by atoms with E-state index in [2.05, 4.69) is 6.07 Å². The first-order chi connectivity index (χ1) is 10.2. The molecule has 0 amide bonds. The molecule has 0 bridgehead atoms. The van der Waals surface area contributed by atoms with Crippen molar-refractivity contribution >= 4 is 5.97 Å². The quantitative estimate of drug-likeness (QED) is 0.805. The maximum Gasteiger partial charge on any atom is 0.316 e. The summed E-state index contributed by atoms with van der Waals surface area (Å²) >= 11 is 0. The summed E-state index contributed by atoms with van der Waals surface area (Å²) in [6, 6.07) is 19.0. The first kappa shape index (κ1) is 13.4. The van der Waals surface area contributed by atoms with Crippen LogP contribution in [-0.2, 0) is 21.6 Å². The van der Waals surface area contributed by atoms with E-state index in [4.69, 9.17) is 10.00 Å². The molecule has 0 saturated heterocycles. The summed E-state index contributed by atoms with van der Waals surface area (Å²) in [5.74, 6) is -0.170. The summed E-state index contributed by atoms with van der Waals surface area (Å²) in [5, 5.41) is 8.87. The van der Waals surface area contributed by atoms with Crippen LogP contribution >= 0.6 is 0 Å². The van der Waals surface area contributed by atoms with Crippen LogP contribution in [0.15, 0.2) is 54.6 Å². The summed E-state index contributed by atoms with van der Waals surface area (Å²) in [7, 11) is 0. The molecule has 21 heavy (non-hydrogen) atoms. The molecule has 0 N–H and O–H groups in total. The third-order valence-corrected chi connectivity index (χ3v) is 3.89. The zero-order chi connectivity index (χ0) is 14.7. The minimum atomic E-state index is -0.450. The molecule has 1 aliphatic carbocycles. The molecule has 0 unspecified atom stereocenters. The lowest BCUT2D eigenvalue weighted by Crippen LogP contribution is -2.23. The van der Waals surface area contributed by atoms with Crippen molar-refractivity contribution in [1.29, 1.82) is 5.26 Å². The van der Waals surface area contributed by atoms with E-state index >= 15 is 0 Å². The molecule has 3 rings (SSSR count). The van der Waals surface area contributed by atoms with Gasteiger partial charge in [-0.2, -0.15) is 5.26 Å². The Morgan fingerprint density at radius 3 is 2.57 bits per heavy atom. The third-order valence-electron chi connectivity index (χ3n) is 3.89. The van der Waals surface area contributed by atoms with Gasteiger partial charge in [0.15, 0.2) is 0 Å². The maximum atomic E-state index is 12.4. The number of hydrogen-bond donors (Lipinski definition) is 0. The number of carbonyl (C=O) groups is 1. The molecule has 0 aliphatic heterocycles. The van der Waals surface area contributed by atoms with Gasteiger partial charge < -0.3 is 4.74 Å². The van der Waals surface area contributed by atoms with Crippen molar-refractivity contribution in [2.45, 2.75) is 24.9 Å². The van der Waals surface area contributed by atoms with Crippen molar-refractivity contribution in [3.63, 3.8) is 0 Å². The Labute approximate surface area is 123 Å². The standard InChI is InChI=1S/C18H15NO2/c19-12-14-5-4-6-15(11-14)13-21-17(20)18(9-10-18)16-7-2-1-3-8-16/h1-8,11H,9-10,13H2. The molecule has 1 saturated carbocycles. The van der Waals surface area contributed by atoms with Gasteiger partial charge in [0.2, 0.25) is 0 Å². The smallest absolute Gasteiger partial charge is 0.316 e. The fourth-order valence-electron chi connectivity index (χ4n) is 2.51. The van der Waals surface area contributed by atoms with Crippen molar-refractivity contribution in [1.82, 2.24) is 0 Å². The van der Waals surface area contributed by atoms with E-state index in [1.807, 2.05) is 36.4 Å². The number of esters is 1. The molecule has 3 nitrogen and oxygen atoms in total. The van der Waals surface area contributed by atoms with Crippen LogP contribution in [-0.4, -0.2) is 5.97 Å². The minimum absolute atomic E-state index is 0.170. The van der Waals surface area contributed by atoms with Gasteiger partial charge in [-0.25, -0.2) is 0 Å². The van der Waals surface area contributed by atoms with E-state index in [1.165, 1.54) is 0 Å². The van der Waals surface area contributed by atoms with Crippen LogP contribution in [0.1, 0.15) is 29.5 Å². The predicted octanol–water partition coefficient (Wildman–Crippen LogP) is 3.33. The molecule has 0 radical (unpaired) electrons. The Balaban J connectivity index is 1.69. The molecule has 0 spiro atoms. The van der Waals surface area contributed by atoms with Crippen LogP contribution in [0.4, 0.5) is 0 Å². The number of ether oxygens (including phenoxy) is 1. The zero-order valence-electron chi connectivity index (χ0n) is 11.6. The van der Waals surface area contributed by atoms with Gasteiger partial charge in [0, 0.05) is 0 Å². The monoisotopic (exact) mass is 277 g/mol. The molecular formula is C18H15NO2. The van der Waals surface area contributed by atoms with Crippen molar-refractivity contribution in [3.05, 3.63) is 71.3 Å². The number of nitriles is 1. The number of rotatable bonds is 4. The highest BCUT2D eigenvalue weighted by Gasteiger charge is 2.52. The molecule has 1 aliphatic rings. The normalized spacial score (nSPS) is 15.0. The van der Waals surface area contributed by atoms with E-state index in [9.17, 15) is 4.79 Å². The van der Waals surface area contributed by atoms with Crippen molar-refractivity contribution in [2.75, 3.05) is 0 Å². The summed E-state index contributed by atoms with van der Waals surface area (Å²) in [4.78, 5) is 12.4. The highest BCUT2D eigenvalue weighted by molar-refractivity contribution is 5.86. The zero-order valence-corrected chi connectivity index (χ0v) is 11.6. The van der Waals surface area contributed by atoms with Gasteiger partial charge in [-0.15, -0.1) is 0 Å². The van der Waals surface area contributed by atoms with Gasteiger partial charge >= 0.3 is 5.97 Å². The Morgan fingerprint density at radius 2 is 1.90 bits per heavy atom. The first-order valence-electron chi connectivity index (χ1n) is 6.96. The molecule has 1 fully saturated rings. The molecule has 2 aromatic carbocycles. The van der Waals surface area contributed by atoms with Crippen molar-refractivity contribution < 1.29 is 9.53 Å². The minimum Gasteiger partial charge on any atom is -0.460 e. The molecular weight excluding hydrogens is 262 g/mol. The van der Waals surface area contributed by atoms with Crippen LogP contribution in [0.2, 0.25) is 0 Å². The number of benzene rings is 2. The SMILES string of the molecule is N#Cc1cccc(COC(=O)C2(c3ccccc3)CC2)c1. The van der Waals surface area contributed by atoms with Crippen LogP contribution < -0.4 is 0 Å². The lowest BCUT2D eigenvalue weighted by atomic mass is 9.96. The molecule has 0 aromatic heterocycles. The highest BCUT2D eigenvalue weighted by Crippen LogP contribution is 2.49. The van der Waals surface area contributed by atoms with E-state index in [0.29, 0.717) is 5.56 Å². The van der Waals surface area contributed by atoms with E-state index in [1.54, 1.807) is 18.2 Å². The van der Waals surface area contributed by atoms with Crippen molar-refractivity contribution in [2.24, 2.45) is 0 Å². The molecule has 0 heterocycles. The summed E-state index contributed by atoms with van der Waals surface area (Å²) in [6.45, 7) is 0.211. The molecule has 0 atom stereocenters. The summed E-state index contributed by atoms with van der Waals surface area (Å²) in [6.07, 6.45) is 1.68. The second-order valence-corrected chi connectivity index (χ2v) is 5.34.